The second-order valence-electron chi connectivity index (χ2n) is 6.42. The van der Waals surface area contributed by atoms with Crippen LogP contribution >= 0.6 is 0 Å². The summed E-state index contributed by atoms with van der Waals surface area (Å²) >= 11 is 0. The molecule has 132 valence electrons. The van der Waals surface area contributed by atoms with E-state index in [1.807, 2.05) is 42.5 Å². The first-order chi connectivity index (χ1) is 13.1. The predicted molar refractivity (Wildman–Crippen MR) is 108 cm³/mol. The quantitative estimate of drug-likeness (QED) is 0.582. The van der Waals surface area contributed by atoms with Crippen LogP contribution in [-0.4, -0.2) is 15.5 Å². The highest BCUT2D eigenvalue weighted by atomic mass is 16.1. The van der Waals surface area contributed by atoms with Crippen LogP contribution in [0.5, 0.6) is 0 Å². The molecule has 0 saturated heterocycles. The van der Waals surface area contributed by atoms with Crippen molar-refractivity contribution < 1.29 is 4.79 Å². The highest BCUT2D eigenvalue weighted by Crippen LogP contribution is 2.33. The highest BCUT2D eigenvalue weighted by molar-refractivity contribution is 6.00. The third kappa shape index (κ3) is 3.13. The molecule has 0 atom stereocenters. The lowest BCUT2D eigenvalue weighted by atomic mass is 10.0. The normalized spacial score (nSPS) is 10.7. The Morgan fingerprint density at radius 2 is 1.63 bits per heavy atom. The number of hydrogen-bond donors (Lipinski definition) is 1. The lowest BCUT2D eigenvalue weighted by Crippen LogP contribution is -2.12. The zero-order valence-electron chi connectivity index (χ0n) is 15.0. The summed E-state index contributed by atoms with van der Waals surface area (Å²) in [5, 5.41) is 0. The van der Waals surface area contributed by atoms with E-state index < -0.39 is 5.91 Å². The number of nitrogens with two attached hydrogens (primary N) is 1. The minimum Gasteiger partial charge on any atom is -0.366 e. The van der Waals surface area contributed by atoms with E-state index in [4.69, 9.17) is 5.73 Å². The van der Waals surface area contributed by atoms with Crippen LogP contribution in [0.15, 0.2) is 85.3 Å². The third-order valence-electron chi connectivity index (χ3n) is 4.67. The number of primary amides is 1. The van der Waals surface area contributed by atoms with Crippen molar-refractivity contribution in [2.75, 3.05) is 0 Å². The maximum atomic E-state index is 11.9. The molecular weight excluding hydrogens is 334 g/mol. The number of benzene rings is 2. The van der Waals surface area contributed by atoms with E-state index in [-0.39, 0.29) is 0 Å². The Morgan fingerprint density at radius 3 is 2.37 bits per heavy atom. The summed E-state index contributed by atoms with van der Waals surface area (Å²) < 4.78 is 2.15. The van der Waals surface area contributed by atoms with E-state index in [0.717, 1.165) is 33.6 Å². The molecule has 0 radical (unpaired) electrons. The summed E-state index contributed by atoms with van der Waals surface area (Å²) in [6.07, 6.45) is 5.61. The van der Waals surface area contributed by atoms with Gasteiger partial charge in [0.25, 0.3) is 0 Å². The largest absolute Gasteiger partial charge is 0.366 e. The molecule has 0 saturated carbocycles. The van der Waals surface area contributed by atoms with Crippen molar-refractivity contribution in [3.63, 3.8) is 0 Å². The van der Waals surface area contributed by atoms with Crippen LogP contribution in [-0.2, 0) is 0 Å². The van der Waals surface area contributed by atoms with Crippen molar-refractivity contribution >= 4 is 5.91 Å². The number of nitrogens with zero attached hydrogens (tertiary/aromatic N) is 2. The number of rotatable bonds is 4. The van der Waals surface area contributed by atoms with Gasteiger partial charge in [-0.3, -0.25) is 9.78 Å². The number of aromatic nitrogens is 2. The molecule has 1 amide bonds. The van der Waals surface area contributed by atoms with E-state index in [9.17, 15) is 4.79 Å². The molecule has 0 fully saturated rings. The SMILES string of the molecule is Cc1ccccc1-n1cc(-c2ccccc2C(N)=O)cc1-c1ccncc1. The van der Waals surface area contributed by atoms with E-state index in [1.165, 1.54) is 0 Å². The van der Waals surface area contributed by atoms with Gasteiger partial charge in [0, 0.05) is 41.0 Å². The summed E-state index contributed by atoms with van der Waals surface area (Å²) in [4.78, 5) is 16.0. The number of carbonyl (C=O) groups excluding carboxylic acids is 1. The van der Waals surface area contributed by atoms with E-state index in [0.29, 0.717) is 5.56 Å². The average molecular weight is 353 g/mol. The fourth-order valence-electron chi connectivity index (χ4n) is 3.34. The van der Waals surface area contributed by atoms with E-state index >= 15 is 0 Å². The zero-order chi connectivity index (χ0) is 18.8. The molecular formula is C23H19N3O. The zero-order valence-corrected chi connectivity index (χ0v) is 15.0. The first-order valence-corrected chi connectivity index (χ1v) is 8.73. The second kappa shape index (κ2) is 6.92. The van der Waals surface area contributed by atoms with Gasteiger partial charge in [0.2, 0.25) is 5.91 Å². The number of para-hydroxylation sites is 1. The summed E-state index contributed by atoms with van der Waals surface area (Å²) in [7, 11) is 0. The Morgan fingerprint density at radius 1 is 0.926 bits per heavy atom. The molecule has 2 N–H and O–H groups in total. The van der Waals surface area contributed by atoms with Crippen LogP contribution in [0.3, 0.4) is 0 Å². The molecule has 0 aliphatic carbocycles. The standard InChI is InChI=1S/C23H19N3O/c1-16-6-2-5-9-21(16)26-15-18(14-22(26)17-10-12-25-13-11-17)19-7-3-4-8-20(19)23(24)27/h2-15H,1H3,(H2,24,27). The van der Waals surface area contributed by atoms with Crippen LogP contribution in [0.4, 0.5) is 0 Å². The van der Waals surface area contributed by atoms with Crippen molar-refractivity contribution in [1.29, 1.82) is 0 Å². The monoisotopic (exact) mass is 353 g/mol. The number of hydrogen-bond acceptors (Lipinski definition) is 2. The minimum atomic E-state index is -0.431. The molecule has 2 aromatic heterocycles. The summed E-state index contributed by atoms with van der Waals surface area (Å²) in [5.74, 6) is -0.431. The van der Waals surface area contributed by atoms with Crippen LogP contribution in [0.25, 0.3) is 28.1 Å². The lowest BCUT2D eigenvalue weighted by Gasteiger charge is -2.12. The van der Waals surface area contributed by atoms with Gasteiger partial charge in [0.05, 0.1) is 5.69 Å². The Balaban J connectivity index is 1.97. The van der Waals surface area contributed by atoms with Gasteiger partial charge in [-0.15, -0.1) is 0 Å². The van der Waals surface area contributed by atoms with Crippen molar-refractivity contribution in [3.8, 4) is 28.1 Å². The van der Waals surface area contributed by atoms with Gasteiger partial charge >= 0.3 is 0 Å². The first-order valence-electron chi connectivity index (χ1n) is 8.73. The summed E-state index contributed by atoms with van der Waals surface area (Å²) in [6.45, 7) is 2.09. The number of amides is 1. The number of pyridine rings is 1. The molecule has 4 rings (SSSR count). The van der Waals surface area contributed by atoms with Crippen LogP contribution in [0, 0.1) is 6.92 Å². The lowest BCUT2D eigenvalue weighted by molar-refractivity contribution is 0.100. The molecule has 2 heterocycles. The van der Waals surface area contributed by atoms with Gasteiger partial charge in [-0.1, -0.05) is 36.4 Å². The van der Waals surface area contributed by atoms with Crippen LogP contribution < -0.4 is 5.73 Å². The Hall–Kier alpha value is -3.66. The molecule has 0 aliphatic rings. The molecule has 2 aromatic carbocycles. The Kier molecular flexibility index (Phi) is 4.30. The Labute approximate surface area is 157 Å². The van der Waals surface area contributed by atoms with Gasteiger partial charge < -0.3 is 10.3 Å². The molecule has 0 aliphatic heterocycles. The molecule has 27 heavy (non-hydrogen) atoms. The van der Waals surface area contributed by atoms with Crippen LogP contribution in [0.1, 0.15) is 15.9 Å². The number of carbonyl (C=O) groups is 1. The topological polar surface area (TPSA) is 60.9 Å². The van der Waals surface area contributed by atoms with Gasteiger partial charge in [0.1, 0.15) is 0 Å². The third-order valence-corrected chi connectivity index (χ3v) is 4.67. The van der Waals surface area contributed by atoms with Gasteiger partial charge in [-0.25, -0.2) is 0 Å². The van der Waals surface area contributed by atoms with Gasteiger partial charge in [0.15, 0.2) is 0 Å². The maximum absolute atomic E-state index is 11.9. The van der Waals surface area contributed by atoms with Crippen molar-refractivity contribution in [3.05, 3.63) is 96.4 Å². The van der Waals surface area contributed by atoms with E-state index in [2.05, 4.69) is 40.9 Å². The highest BCUT2D eigenvalue weighted by Gasteiger charge is 2.16. The predicted octanol–water partition coefficient (Wildman–Crippen LogP) is 4.61. The second-order valence-corrected chi connectivity index (χ2v) is 6.42. The fraction of sp³-hybridized carbons (Fsp3) is 0.0435. The molecule has 4 nitrogen and oxygen atoms in total. The summed E-state index contributed by atoms with van der Waals surface area (Å²) in [5.41, 5.74) is 12.2. The van der Waals surface area contributed by atoms with Crippen molar-refractivity contribution in [1.82, 2.24) is 9.55 Å². The van der Waals surface area contributed by atoms with Crippen molar-refractivity contribution in [2.45, 2.75) is 6.92 Å². The fourth-order valence-corrected chi connectivity index (χ4v) is 3.34. The van der Waals surface area contributed by atoms with Gasteiger partial charge in [-0.05, 0) is 48.4 Å². The molecule has 4 aromatic rings. The summed E-state index contributed by atoms with van der Waals surface area (Å²) in [6, 6.07) is 21.7. The van der Waals surface area contributed by atoms with E-state index in [1.54, 1.807) is 18.5 Å². The molecule has 0 spiro atoms. The first kappa shape index (κ1) is 16.8. The van der Waals surface area contributed by atoms with Gasteiger partial charge in [-0.2, -0.15) is 0 Å². The Bertz CT molecular complexity index is 1110. The number of aryl methyl sites for hydroxylation is 1. The minimum absolute atomic E-state index is 0.431. The van der Waals surface area contributed by atoms with Crippen LogP contribution in [0.2, 0.25) is 0 Å². The molecule has 0 unspecified atom stereocenters. The smallest absolute Gasteiger partial charge is 0.249 e. The molecule has 4 heteroatoms. The maximum Gasteiger partial charge on any atom is 0.249 e. The average Bonchev–Trinajstić information content (AvgIpc) is 3.14. The molecule has 0 bridgehead atoms. The van der Waals surface area contributed by atoms with Crippen molar-refractivity contribution in [2.24, 2.45) is 5.73 Å².